The Morgan fingerprint density at radius 2 is 1.90 bits per heavy atom. The van der Waals surface area contributed by atoms with Crippen molar-refractivity contribution < 1.29 is 4.79 Å². The van der Waals surface area contributed by atoms with Crippen molar-refractivity contribution in [3.8, 4) is 5.69 Å². The number of amides is 1. The summed E-state index contributed by atoms with van der Waals surface area (Å²) in [6.07, 6.45) is 2.17. The number of hydrogen-bond donors (Lipinski definition) is 1. The summed E-state index contributed by atoms with van der Waals surface area (Å²) >= 11 is 0. The van der Waals surface area contributed by atoms with Crippen LogP contribution in [0.5, 0.6) is 0 Å². The molecule has 6 heteroatoms. The third-order valence-corrected chi connectivity index (χ3v) is 5.43. The van der Waals surface area contributed by atoms with Crippen molar-refractivity contribution in [1.29, 1.82) is 0 Å². The predicted octanol–water partition coefficient (Wildman–Crippen LogP) is 3.68. The van der Waals surface area contributed by atoms with Gasteiger partial charge in [0.15, 0.2) is 0 Å². The lowest BCUT2D eigenvalue weighted by atomic mass is 10.1. The first-order valence-electron chi connectivity index (χ1n) is 10.6. The summed E-state index contributed by atoms with van der Waals surface area (Å²) in [6, 6.07) is 13.1. The number of nitrogens with one attached hydrogen (secondary N) is 1. The van der Waals surface area contributed by atoms with Gasteiger partial charge in [-0.25, -0.2) is 9.55 Å². The highest BCUT2D eigenvalue weighted by Gasteiger charge is 2.21. The molecular weight excluding hydrogens is 376 g/mol. The van der Waals surface area contributed by atoms with Gasteiger partial charge in [-0.15, -0.1) is 0 Å². The molecule has 6 nitrogen and oxygen atoms in total. The summed E-state index contributed by atoms with van der Waals surface area (Å²) in [6.45, 7) is 8.48. The zero-order valence-corrected chi connectivity index (χ0v) is 17.8. The maximum absolute atomic E-state index is 13.5. The Bertz CT molecular complexity index is 1140. The van der Waals surface area contributed by atoms with Crippen LogP contribution in [0, 0.1) is 12.8 Å². The van der Waals surface area contributed by atoms with Crippen molar-refractivity contribution in [2.45, 2.75) is 33.6 Å². The van der Waals surface area contributed by atoms with E-state index in [-0.39, 0.29) is 11.5 Å². The van der Waals surface area contributed by atoms with Crippen molar-refractivity contribution in [3.05, 3.63) is 63.9 Å². The van der Waals surface area contributed by atoms with E-state index in [2.05, 4.69) is 24.1 Å². The number of hydrogen-bond acceptors (Lipinski definition) is 4. The fourth-order valence-corrected chi connectivity index (χ4v) is 3.84. The normalized spacial score (nSPS) is 13.9. The quantitative estimate of drug-likeness (QED) is 0.704. The van der Waals surface area contributed by atoms with Crippen LogP contribution in [0.4, 0.5) is 5.95 Å². The summed E-state index contributed by atoms with van der Waals surface area (Å²) < 4.78 is 1.71. The first kappa shape index (κ1) is 20.1. The molecule has 1 aliphatic heterocycles. The van der Waals surface area contributed by atoms with Gasteiger partial charge in [-0.2, -0.15) is 0 Å². The van der Waals surface area contributed by atoms with E-state index in [4.69, 9.17) is 4.98 Å². The van der Waals surface area contributed by atoms with Crippen LogP contribution in [0.15, 0.2) is 47.3 Å². The number of rotatable bonds is 5. The van der Waals surface area contributed by atoms with Crippen molar-refractivity contribution in [1.82, 2.24) is 14.9 Å². The average molecular weight is 405 g/mol. The summed E-state index contributed by atoms with van der Waals surface area (Å²) in [5.41, 5.74) is 2.87. The molecule has 1 saturated heterocycles. The van der Waals surface area contributed by atoms with Crippen LogP contribution in [0.1, 0.15) is 42.6 Å². The maximum atomic E-state index is 13.5. The molecule has 1 N–H and O–H groups in total. The van der Waals surface area contributed by atoms with Crippen LogP contribution in [-0.4, -0.2) is 35.1 Å². The fourth-order valence-electron chi connectivity index (χ4n) is 3.84. The van der Waals surface area contributed by atoms with Crippen LogP contribution in [0.2, 0.25) is 0 Å². The minimum absolute atomic E-state index is 0.110. The van der Waals surface area contributed by atoms with Gasteiger partial charge in [0.1, 0.15) is 0 Å². The summed E-state index contributed by atoms with van der Waals surface area (Å²) in [5, 5.41) is 3.44. The summed E-state index contributed by atoms with van der Waals surface area (Å²) in [5.74, 6) is 0.879. The molecule has 0 aliphatic carbocycles. The minimum Gasteiger partial charge on any atom is -0.352 e. The number of nitrogens with zero attached hydrogens (tertiary/aromatic N) is 3. The highest BCUT2D eigenvalue weighted by molar-refractivity contribution is 5.97. The minimum atomic E-state index is -0.141. The molecule has 2 heterocycles. The molecule has 1 fully saturated rings. The SMILES string of the molecule is Cc1cccc(-n2c(N3CCCC3)nc3cc(C(=O)NCC(C)C)ccc3c2=O)c1. The number of carbonyl (C=O) groups excluding carboxylic acids is 1. The van der Waals surface area contributed by atoms with E-state index in [1.54, 1.807) is 22.8 Å². The third-order valence-electron chi connectivity index (χ3n) is 5.43. The van der Waals surface area contributed by atoms with E-state index < -0.39 is 0 Å². The van der Waals surface area contributed by atoms with Crippen LogP contribution < -0.4 is 15.8 Å². The molecule has 0 bridgehead atoms. The molecule has 4 rings (SSSR count). The zero-order valence-electron chi connectivity index (χ0n) is 17.8. The first-order valence-corrected chi connectivity index (χ1v) is 10.6. The lowest BCUT2D eigenvalue weighted by molar-refractivity contribution is 0.0949. The molecule has 0 spiro atoms. The second-order valence-corrected chi connectivity index (χ2v) is 8.42. The molecule has 0 atom stereocenters. The summed E-state index contributed by atoms with van der Waals surface area (Å²) in [4.78, 5) is 33.1. The monoisotopic (exact) mass is 404 g/mol. The Hall–Kier alpha value is -3.15. The molecule has 0 radical (unpaired) electrons. The number of benzene rings is 2. The van der Waals surface area contributed by atoms with Crippen molar-refractivity contribution >= 4 is 22.8 Å². The largest absolute Gasteiger partial charge is 0.352 e. The first-order chi connectivity index (χ1) is 14.4. The van der Waals surface area contributed by atoms with Crippen LogP contribution in [0.25, 0.3) is 16.6 Å². The predicted molar refractivity (Wildman–Crippen MR) is 121 cm³/mol. The van der Waals surface area contributed by atoms with Gasteiger partial charge in [0, 0.05) is 25.2 Å². The number of anilines is 1. The Balaban J connectivity index is 1.86. The van der Waals surface area contributed by atoms with E-state index in [9.17, 15) is 9.59 Å². The lowest BCUT2D eigenvalue weighted by Crippen LogP contribution is -2.31. The van der Waals surface area contributed by atoms with E-state index in [1.165, 1.54) is 0 Å². The van der Waals surface area contributed by atoms with Gasteiger partial charge in [-0.05, 0) is 61.6 Å². The topological polar surface area (TPSA) is 67.2 Å². The van der Waals surface area contributed by atoms with Gasteiger partial charge in [0.2, 0.25) is 5.95 Å². The van der Waals surface area contributed by atoms with Gasteiger partial charge in [-0.3, -0.25) is 9.59 Å². The van der Waals surface area contributed by atoms with Crippen LogP contribution >= 0.6 is 0 Å². The summed E-state index contributed by atoms with van der Waals surface area (Å²) in [7, 11) is 0. The lowest BCUT2D eigenvalue weighted by Gasteiger charge is -2.22. The Morgan fingerprint density at radius 3 is 2.60 bits per heavy atom. The molecule has 1 aromatic heterocycles. The van der Waals surface area contributed by atoms with Crippen LogP contribution in [0.3, 0.4) is 0 Å². The average Bonchev–Trinajstić information content (AvgIpc) is 3.26. The zero-order chi connectivity index (χ0) is 21.3. The van der Waals surface area contributed by atoms with Crippen molar-refractivity contribution in [2.75, 3.05) is 24.5 Å². The Kier molecular flexibility index (Phi) is 5.57. The molecular formula is C24H28N4O2. The number of aryl methyl sites for hydroxylation is 1. The molecule has 0 unspecified atom stereocenters. The third kappa shape index (κ3) is 3.95. The molecule has 3 aromatic rings. The van der Waals surface area contributed by atoms with Gasteiger partial charge in [-0.1, -0.05) is 26.0 Å². The highest BCUT2D eigenvalue weighted by atomic mass is 16.1. The Morgan fingerprint density at radius 1 is 1.13 bits per heavy atom. The van der Waals surface area contributed by atoms with Gasteiger partial charge >= 0.3 is 0 Å². The second-order valence-electron chi connectivity index (χ2n) is 8.42. The van der Waals surface area contributed by atoms with Crippen molar-refractivity contribution in [2.24, 2.45) is 5.92 Å². The van der Waals surface area contributed by atoms with Gasteiger partial charge in [0.05, 0.1) is 16.6 Å². The second kappa shape index (κ2) is 8.30. The number of carbonyl (C=O) groups is 1. The Labute approximate surface area is 176 Å². The maximum Gasteiger partial charge on any atom is 0.267 e. The molecule has 2 aromatic carbocycles. The fraction of sp³-hybridized carbons (Fsp3) is 0.375. The van der Waals surface area contributed by atoms with Gasteiger partial charge < -0.3 is 10.2 Å². The molecule has 1 aliphatic rings. The number of fused-ring (bicyclic) bond motifs is 1. The highest BCUT2D eigenvalue weighted by Crippen LogP contribution is 2.24. The van der Waals surface area contributed by atoms with E-state index in [0.29, 0.717) is 34.9 Å². The molecule has 1 amide bonds. The van der Waals surface area contributed by atoms with Crippen molar-refractivity contribution in [3.63, 3.8) is 0 Å². The van der Waals surface area contributed by atoms with Gasteiger partial charge in [0.25, 0.3) is 11.5 Å². The van der Waals surface area contributed by atoms with E-state index in [0.717, 1.165) is 37.2 Å². The molecule has 0 saturated carbocycles. The molecule has 30 heavy (non-hydrogen) atoms. The van der Waals surface area contributed by atoms with E-state index in [1.807, 2.05) is 31.2 Å². The standard InChI is InChI=1S/C24H28N4O2/c1-16(2)15-25-22(29)18-9-10-20-21(14-18)26-24(27-11-4-5-12-27)28(23(20)30)19-8-6-7-17(3)13-19/h6-10,13-14,16H,4-5,11-12,15H2,1-3H3,(H,25,29). The number of aromatic nitrogens is 2. The van der Waals surface area contributed by atoms with E-state index >= 15 is 0 Å². The molecule has 156 valence electrons. The smallest absolute Gasteiger partial charge is 0.267 e. The van der Waals surface area contributed by atoms with Crippen LogP contribution in [-0.2, 0) is 0 Å².